The lowest BCUT2D eigenvalue weighted by molar-refractivity contribution is 0.109. The molecular weight excluding hydrogens is 220 g/mol. The average molecular weight is 238 g/mol. The van der Waals surface area contributed by atoms with E-state index in [1.165, 1.54) is 0 Å². The molecule has 0 fully saturated rings. The maximum absolute atomic E-state index is 10.8. The van der Waals surface area contributed by atoms with E-state index in [1.54, 1.807) is 25.1 Å². The van der Waals surface area contributed by atoms with Crippen molar-refractivity contribution in [3.05, 3.63) is 23.8 Å². The lowest BCUT2D eigenvalue weighted by atomic mass is 10.2. The maximum Gasteiger partial charge on any atom is 0.153 e. The first-order valence-electron chi connectivity index (χ1n) is 5.70. The molecule has 1 N–H and O–H groups in total. The smallest absolute Gasteiger partial charge is 0.153 e. The molecule has 17 heavy (non-hydrogen) atoms. The fraction of sp³-hybridized carbons (Fsp3) is 0.462. The second kappa shape index (κ2) is 6.91. The van der Waals surface area contributed by atoms with E-state index in [9.17, 15) is 4.79 Å². The van der Waals surface area contributed by atoms with Gasteiger partial charge >= 0.3 is 0 Å². The van der Waals surface area contributed by atoms with Gasteiger partial charge in [-0.1, -0.05) is 6.92 Å². The van der Waals surface area contributed by atoms with Crippen LogP contribution in [0.2, 0.25) is 0 Å². The van der Waals surface area contributed by atoms with Crippen molar-refractivity contribution in [1.82, 2.24) is 0 Å². The lowest BCUT2D eigenvalue weighted by Gasteiger charge is -2.12. The van der Waals surface area contributed by atoms with Crippen LogP contribution in [0.3, 0.4) is 0 Å². The van der Waals surface area contributed by atoms with Gasteiger partial charge in [-0.2, -0.15) is 0 Å². The molecule has 4 nitrogen and oxygen atoms in total. The van der Waals surface area contributed by atoms with Gasteiger partial charge in [-0.05, 0) is 25.5 Å². The molecule has 1 atom stereocenters. The SMILES string of the molecule is CCCOc1ccc(C=O)c(OCC(C)O)c1. The number of carbonyl (C=O) groups is 1. The van der Waals surface area contributed by atoms with Gasteiger partial charge in [0.2, 0.25) is 0 Å². The molecule has 1 rings (SSSR count). The molecule has 0 bridgehead atoms. The third-order valence-corrected chi connectivity index (χ3v) is 2.06. The number of aliphatic hydroxyl groups is 1. The predicted octanol–water partition coefficient (Wildman–Crippen LogP) is 2.05. The largest absolute Gasteiger partial charge is 0.493 e. The molecule has 0 aliphatic heterocycles. The van der Waals surface area contributed by atoms with E-state index in [0.29, 0.717) is 23.7 Å². The normalized spacial score (nSPS) is 11.9. The Morgan fingerprint density at radius 1 is 1.41 bits per heavy atom. The van der Waals surface area contributed by atoms with Crippen LogP contribution in [0, 0.1) is 0 Å². The predicted molar refractivity (Wildman–Crippen MR) is 64.8 cm³/mol. The number of aliphatic hydroxyl groups excluding tert-OH is 1. The number of ether oxygens (including phenoxy) is 2. The summed E-state index contributed by atoms with van der Waals surface area (Å²) >= 11 is 0. The molecule has 0 saturated heterocycles. The highest BCUT2D eigenvalue weighted by atomic mass is 16.5. The molecule has 0 spiro atoms. The van der Waals surface area contributed by atoms with Crippen LogP contribution < -0.4 is 9.47 Å². The quantitative estimate of drug-likeness (QED) is 0.739. The molecule has 4 heteroatoms. The standard InChI is InChI=1S/C13H18O4/c1-3-6-16-12-5-4-11(8-14)13(7-12)17-9-10(2)15/h4-5,7-8,10,15H,3,6,9H2,1-2H3. The fourth-order valence-electron chi connectivity index (χ4n) is 1.26. The second-order valence-electron chi connectivity index (χ2n) is 3.83. The van der Waals surface area contributed by atoms with Crippen LogP contribution in [-0.4, -0.2) is 30.7 Å². The number of aldehydes is 1. The summed E-state index contributed by atoms with van der Waals surface area (Å²) in [5, 5.41) is 9.14. The topological polar surface area (TPSA) is 55.8 Å². The minimum absolute atomic E-state index is 0.151. The Balaban J connectivity index is 2.78. The van der Waals surface area contributed by atoms with Gasteiger partial charge in [0, 0.05) is 6.07 Å². The summed E-state index contributed by atoms with van der Waals surface area (Å²) in [4.78, 5) is 10.8. The van der Waals surface area contributed by atoms with Gasteiger partial charge in [0.1, 0.15) is 18.1 Å². The third-order valence-electron chi connectivity index (χ3n) is 2.06. The van der Waals surface area contributed by atoms with Crippen molar-refractivity contribution in [3.63, 3.8) is 0 Å². The molecule has 0 radical (unpaired) electrons. The number of hydrogen-bond acceptors (Lipinski definition) is 4. The Morgan fingerprint density at radius 3 is 2.76 bits per heavy atom. The van der Waals surface area contributed by atoms with Gasteiger partial charge in [0.05, 0.1) is 18.3 Å². The Hall–Kier alpha value is -1.55. The van der Waals surface area contributed by atoms with Crippen LogP contribution in [0.25, 0.3) is 0 Å². The van der Waals surface area contributed by atoms with Crippen molar-refractivity contribution in [2.75, 3.05) is 13.2 Å². The van der Waals surface area contributed by atoms with Crippen molar-refractivity contribution < 1.29 is 19.4 Å². The summed E-state index contributed by atoms with van der Waals surface area (Å²) in [7, 11) is 0. The summed E-state index contributed by atoms with van der Waals surface area (Å²) < 4.78 is 10.8. The zero-order valence-corrected chi connectivity index (χ0v) is 10.2. The van der Waals surface area contributed by atoms with Crippen LogP contribution in [0.1, 0.15) is 30.6 Å². The maximum atomic E-state index is 10.8. The van der Waals surface area contributed by atoms with E-state index in [2.05, 4.69) is 0 Å². The minimum Gasteiger partial charge on any atom is -0.493 e. The van der Waals surface area contributed by atoms with Crippen molar-refractivity contribution in [3.8, 4) is 11.5 Å². The van der Waals surface area contributed by atoms with Gasteiger partial charge in [0.25, 0.3) is 0 Å². The van der Waals surface area contributed by atoms with Crippen molar-refractivity contribution in [2.45, 2.75) is 26.4 Å². The Kier molecular flexibility index (Phi) is 5.49. The summed E-state index contributed by atoms with van der Waals surface area (Å²) in [6.07, 6.45) is 1.06. The van der Waals surface area contributed by atoms with E-state index in [4.69, 9.17) is 14.6 Å². The molecule has 0 aliphatic carbocycles. The lowest BCUT2D eigenvalue weighted by Crippen LogP contribution is -2.13. The highest BCUT2D eigenvalue weighted by Gasteiger charge is 2.06. The first-order chi connectivity index (χ1) is 8.17. The van der Waals surface area contributed by atoms with Crippen LogP contribution in [-0.2, 0) is 0 Å². The molecule has 1 unspecified atom stereocenters. The molecular formula is C13H18O4. The molecule has 0 heterocycles. The van der Waals surface area contributed by atoms with E-state index in [1.807, 2.05) is 6.92 Å². The summed E-state index contributed by atoms with van der Waals surface area (Å²) in [6, 6.07) is 5.05. The molecule has 1 aromatic rings. The van der Waals surface area contributed by atoms with Crippen molar-refractivity contribution in [2.24, 2.45) is 0 Å². The van der Waals surface area contributed by atoms with Crippen LogP contribution >= 0.6 is 0 Å². The second-order valence-corrected chi connectivity index (χ2v) is 3.83. The van der Waals surface area contributed by atoms with E-state index in [-0.39, 0.29) is 6.61 Å². The molecule has 0 aromatic heterocycles. The summed E-state index contributed by atoms with van der Waals surface area (Å²) in [6.45, 7) is 4.41. The van der Waals surface area contributed by atoms with Gasteiger partial charge in [0.15, 0.2) is 6.29 Å². The van der Waals surface area contributed by atoms with Crippen LogP contribution in [0.5, 0.6) is 11.5 Å². The summed E-state index contributed by atoms with van der Waals surface area (Å²) in [5.74, 6) is 1.10. The van der Waals surface area contributed by atoms with Crippen LogP contribution in [0.4, 0.5) is 0 Å². The molecule has 0 amide bonds. The van der Waals surface area contributed by atoms with E-state index in [0.717, 1.165) is 12.7 Å². The molecule has 0 aliphatic rings. The zero-order chi connectivity index (χ0) is 12.7. The average Bonchev–Trinajstić information content (AvgIpc) is 2.33. The molecule has 1 aromatic carbocycles. The molecule has 0 saturated carbocycles. The van der Waals surface area contributed by atoms with Crippen molar-refractivity contribution >= 4 is 6.29 Å². The third kappa shape index (κ3) is 4.44. The summed E-state index contributed by atoms with van der Waals surface area (Å²) in [5.41, 5.74) is 0.453. The first kappa shape index (κ1) is 13.5. The zero-order valence-electron chi connectivity index (χ0n) is 10.2. The minimum atomic E-state index is -0.574. The number of hydrogen-bond donors (Lipinski definition) is 1. The van der Waals surface area contributed by atoms with Gasteiger partial charge in [-0.3, -0.25) is 4.79 Å². The van der Waals surface area contributed by atoms with E-state index < -0.39 is 6.10 Å². The van der Waals surface area contributed by atoms with Gasteiger partial charge in [-0.25, -0.2) is 0 Å². The number of benzene rings is 1. The van der Waals surface area contributed by atoms with Gasteiger partial charge < -0.3 is 14.6 Å². The Morgan fingerprint density at radius 2 is 2.18 bits per heavy atom. The van der Waals surface area contributed by atoms with Crippen molar-refractivity contribution in [1.29, 1.82) is 0 Å². The highest BCUT2D eigenvalue weighted by molar-refractivity contribution is 5.79. The Bertz CT molecular complexity index is 360. The fourth-order valence-corrected chi connectivity index (χ4v) is 1.26. The monoisotopic (exact) mass is 238 g/mol. The first-order valence-corrected chi connectivity index (χ1v) is 5.70. The van der Waals surface area contributed by atoms with E-state index >= 15 is 0 Å². The number of carbonyl (C=O) groups excluding carboxylic acids is 1. The Labute approximate surface area is 101 Å². The van der Waals surface area contributed by atoms with Gasteiger partial charge in [-0.15, -0.1) is 0 Å². The molecule has 94 valence electrons. The highest BCUT2D eigenvalue weighted by Crippen LogP contribution is 2.24. The van der Waals surface area contributed by atoms with Crippen LogP contribution in [0.15, 0.2) is 18.2 Å². The number of rotatable bonds is 7.